The summed E-state index contributed by atoms with van der Waals surface area (Å²) in [5, 5.41) is 2.96. The number of likely N-dealkylation sites (tertiary alicyclic amines) is 1. The molecule has 1 aromatic heterocycles. The Balaban J connectivity index is 1.69. The molecule has 2 aliphatic heterocycles. The highest BCUT2D eigenvalue weighted by atomic mass is 16.2. The highest BCUT2D eigenvalue weighted by Gasteiger charge is 2.56. The van der Waals surface area contributed by atoms with Crippen molar-refractivity contribution in [2.24, 2.45) is 5.41 Å². The van der Waals surface area contributed by atoms with E-state index in [9.17, 15) is 19.2 Å². The summed E-state index contributed by atoms with van der Waals surface area (Å²) in [6.45, 7) is 0.358. The minimum atomic E-state index is -0.815. The van der Waals surface area contributed by atoms with Gasteiger partial charge < -0.3 is 14.8 Å². The smallest absolute Gasteiger partial charge is 0.270 e. The summed E-state index contributed by atoms with van der Waals surface area (Å²) in [5.74, 6) is -1.24. The quantitative estimate of drug-likeness (QED) is 0.760. The molecule has 0 unspecified atom stereocenters. The summed E-state index contributed by atoms with van der Waals surface area (Å²) >= 11 is 0. The number of aromatic nitrogens is 1. The third kappa shape index (κ3) is 2.22. The van der Waals surface area contributed by atoms with Crippen LogP contribution in [0.3, 0.4) is 0 Å². The zero-order valence-corrected chi connectivity index (χ0v) is 14.5. The highest BCUT2D eigenvalue weighted by molar-refractivity contribution is 6.16. The number of benzene rings is 1. The van der Waals surface area contributed by atoms with Gasteiger partial charge in [0, 0.05) is 44.5 Å². The van der Waals surface area contributed by atoms with E-state index in [1.807, 2.05) is 6.07 Å². The molecule has 0 saturated carbocycles. The van der Waals surface area contributed by atoms with Crippen molar-refractivity contribution in [1.29, 1.82) is 0 Å². The number of carbonyl (C=O) groups is 4. The Morgan fingerprint density at radius 2 is 1.85 bits per heavy atom. The Labute approximate surface area is 149 Å². The normalized spacial score (nSPS) is 18.2. The molecule has 1 aromatic carbocycles. The second kappa shape index (κ2) is 5.42. The predicted molar refractivity (Wildman–Crippen MR) is 92.4 cm³/mol. The summed E-state index contributed by atoms with van der Waals surface area (Å²) < 4.78 is 0. The number of nitrogens with zero attached hydrogens (tertiary/aromatic N) is 2. The third-order valence-corrected chi connectivity index (χ3v) is 5.05. The second-order valence-electron chi connectivity index (χ2n) is 7.12. The largest absolute Gasteiger partial charge is 0.350 e. The van der Waals surface area contributed by atoms with Crippen molar-refractivity contribution in [3.05, 3.63) is 35.5 Å². The van der Waals surface area contributed by atoms with Crippen LogP contribution in [-0.2, 0) is 9.59 Å². The number of imide groups is 1. The van der Waals surface area contributed by atoms with E-state index >= 15 is 0 Å². The second-order valence-corrected chi connectivity index (χ2v) is 7.12. The highest BCUT2D eigenvalue weighted by Crippen LogP contribution is 2.39. The summed E-state index contributed by atoms with van der Waals surface area (Å²) in [7, 11) is 3.24. The lowest BCUT2D eigenvalue weighted by molar-refractivity contribution is -0.134. The van der Waals surface area contributed by atoms with Crippen LogP contribution in [0.25, 0.3) is 10.9 Å². The molecule has 8 nitrogen and oxygen atoms in total. The number of hydrogen-bond donors (Lipinski definition) is 2. The van der Waals surface area contributed by atoms with Crippen molar-refractivity contribution in [3.63, 3.8) is 0 Å². The van der Waals surface area contributed by atoms with Gasteiger partial charge in [0.2, 0.25) is 11.8 Å². The predicted octanol–water partition coefficient (Wildman–Crippen LogP) is 0.358. The summed E-state index contributed by atoms with van der Waals surface area (Å²) in [6, 6.07) is 7.22. The lowest BCUT2D eigenvalue weighted by Gasteiger charge is -2.45. The van der Waals surface area contributed by atoms with Crippen LogP contribution in [0.4, 0.5) is 0 Å². The first-order valence-electron chi connectivity index (χ1n) is 8.28. The molecule has 0 radical (unpaired) electrons. The molecular formula is C18H18N4O4. The number of H-pyrrole nitrogens is 1. The van der Waals surface area contributed by atoms with Crippen molar-refractivity contribution in [2.75, 3.05) is 27.2 Å². The molecule has 0 bridgehead atoms. The van der Waals surface area contributed by atoms with Crippen molar-refractivity contribution in [2.45, 2.75) is 6.42 Å². The Kier molecular flexibility index (Phi) is 3.40. The molecule has 2 fully saturated rings. The number of amides is 4. The third-order valence-electron chi connectivity index (χ3n) is 5.05. The van der Waals surface area contributed by atoms with E-state index in [-0.39, 0.29) is 48.8 Å². The molecule has 0 atom stereocenters. The first-order valence-corrected chi connectivity index (χ1v) is 8.28. The van der Waals surface area contributed by atoms with Gasteiger partial charge in [-0.05, 0) is 6.07 Å². The molecule has 0 aliphatic carbocycles. The van der Waals surface area contributed by atoms with Crippen LogP contribution in [-0.4, -0.2) is 65.6 Å². The number of para-hydroxylation sites is 1. The van der Waals surface area contributed by atoms with Gasteiger partial charge >= 0.3 is 0 Å². The number of fused-ring (bicyclic) bond motifs is 1. The minimum absolute atomic E-state index is 0.104. The molecule has 4 amide bonds. The molecule has 2 N–H and O–H groups in total. The van der Waals surface area contributed by atoms with Gasteiger partial charge in [-0.25, -0.2) is 0 Å². The van der Waals surface area contributed by atoms with E-state index in [0.717, 1.165) is 0 Å². The van der Waals surface area contributed by atoms with E-state index in [0.29, 0.717) is 16.5 Å². The Morgan fingerprint density at radius 1 is 1.15 bits per heavy atom. The van der Waals surface area contributed by atoms with Crippen molar-refractivity contribution in [1.82, 2.24) is 20.1 Å². The first-order chi connectivity index (χ1) is 12.3. The van der Waals surface area contributed by atoms with E-state index in [2.05, 4.69) is 10.3 Å². The van der Waals surface area contributed by atoms with Crippen LogP contribution in [0.2, 0.25) is 0 Å². The number of hydrogen-bond acceptors (Lipinski definition) is 4. The molecular weight excluding hydrogens is 336 g/mol. The van der Waals surface area contributed by atoms with E-state index in [1.165, 1.54) is 9.80 Å². The van der Waals surface area contributed by atoms with E-state index in [1.54, 1.807) is 32.3 Å². The molecule has 2 aliphatic rings. The molecule has 2 aromatic rings. The zero-order chi connectivity index (χ0) is 18.6. The average molecular weight is 354 g/mol. The van der Waals surface area contributed by atoms with Gasteiger partial charge in [-0.2, -0.15) is 0 Å². The van der Waals surface area contributed by atoms with Gasteiger partial charge in [0.1, 0.15) is 5.69 Å². The Morgan fingerprint density at radius 3 is 2.46 bits per heavy atom. The molecule has 2 saturated heterocycles. The van der Waals surface area contributed by atoms with Crippen LogP contribution >= 0.6 is 0 Å². The van der Waals surface area contributed by atoms with E-state index < -0.39 is 5.41 Å². The topological polar surface area (TPSA) is 103 Å². The zero-order valence-electron chi connectivity index (χ0n) is 14.5. The van der Waals surface area contributed by atoms with Crippen LogP contribution in [0.5, 0.6) is 0 Å². The van der Waals surface area contributed by atoms with Gasteiger partial charge in [-0.1, -0.05) is 18.2 Å². The first kappa shape index (κ1) is 16.3. The van der Waals surface area contributed by atoms with Gasteiger partial charge in [0.05, 0.1) is 11.0 Å². The maximum atomic E-state index is 13.1. The molecule has 1 spiro atoms. The Bertz CT molecular complexity index is 969. The Hall–Kier alpha value is -3.16. The molecule has 134 valence electrons. The van der Waals surface area contributed by atoms with Crippen LogP contribution in [0.15, 0.2) is 24.3 Å². The number of carbonyl (C=O) groups excluding carboxylic acids is 4. The maximum absolute atomic E-state index is 13.1. The summed E-state index contributed by atoms with van der Waals surface area (Å²) in [6.07, 6.45) is 0.104. The SMILES string of the molecule is CN(C)C(=O)c1[nH]c2ccccc2c1C(=O)N1CC2(CC(=O)NC2=O)C1. The van der Waals surface area contributed by atoms with Gasteiger partial charge in [0.15, 0.2) is 0 Å². The van der Waals surface area contributed by atoms with Gasteiger partial charge in [-0.15, -0.1) is 0 Å². The van der Waals surface area contributed by atoms with Crippen LogP contribution in [0, 0.1) is 5.41 Å². The molecule has 26 heavy (non-hydrogen) atoms. The van der Waals surface area contributed by atoms with E-state index in [4.69, 9.17) is 0 Å². The maximum Gasteiger partial charge on any atom is 0.270 e. The van der Waals surface area contributed by atoms with Gasteiger partial charge in [-0.3, -0.25) is 24.5 Å². The van der Waals surface area contributed by atoms with Gasteiger partial charge in [0.25, 0.3) is 11.8 Å². The molecule has 8 heteroatoms. The minimum Gasteiger partial charge on any atom is -0.350 e. The van der Waals surface area contributed by atoms with Crippen molar-refractivity contribution in [3.8, 4) is 0 Å². The van der Waals surface area contributed by atoms with Crippen molar-refractivity contribution < 1.29 is 19.2 Å². The summed E-state index contributed by atoms with van der Waals surface area (Å²) in [5.41, 5.74) is 0.419. The fraction of sp³-hybridized carbons (Fsp3) is 0.333. The lowest BCUT2D eigenvalue weighted by atomic mass is 9.78. The number of nitrogens with one attached hydrogen (secondary N) is 2. The molecule has 4 rings (SSSR count). The molecule has 3 heterocycles. The fourth-order valence-electron chi connectivity index (χ4n) is 3.68. The lowest BCUT2D eigenvalue weighted by Crippen LogP contribution is -2.61. The number of rotatable bonds is 2. The standard InChI is InChI=1S/C18H18N4O4/c1-21(2)16(25)14-13(10-5-3-4-6-11(10)19-14)15(24)22-8-18(9-22)7-12(23)20-17(18)26/h3-6,19H,7-9H2,1-2H3,(H,20,23,26). The van der Waals surface area contributed by atoms with Crippen LogP contribution < -0.4 is 5.32 Å². The van der Waals surface area contributed by atoms with Crippen LogP contribution in [0.1, 0.15) is 27.3 Å². The monoisotopic (exact) mass is 354 g/mol. The average Bonchev–Trinajstić information content (AvgIpc) is 3.09. The fourth-order valence-corrected chi connectivity index (χ4v) is 3.68. The van der Waals surface area contributed by atoms with Crippen molar-refractivity contribution >= 4 is 34.5 Å². The number of aromatic amines is 1. The summed E-state index contributed by atoms with van der Waals surface area (Å²) in [4.78, 5) is 55.0.